The zero-order valence-electron chi connectivity index (χ0n) is 9.07. The molecule has 0 amide bonds. The maximum Gasteiger partial charge on any atom is 0.131 e. The minimum atomic E-state index is -0.246. The number of hydrogen-bond donors (Lipinski definition) is 1. The molecule has 1 aromatic carbocycles. The Balaban J connectivity index is 2.54. The molecule has 0 aliphatic carbocycles. The Morgan fingerprint density at radius 1 is 1.25 bits per heavy atom. The molecule has 2 rings (SSSR count). The van der Waals surface area contributed by atoms with E-state index in [0.717, 1.165) is 16.7 Å². The Labute approximate surface area is 93.9 Å². The molecule has 0 spiro atoms. The van der Waals surface area contributed by atoms with Crippen LogP contribution in [0.1, 0.15) is 11.1 Å². The van der Waals surface area contributed by atoms with E-state index >= 15 is 0 Å². The molecule has 0 bridgehead atoms. The standard InChI is InChI=1S/C13H13FN2/c1-9-4-11(8-16-7-9)12-5-10(6-15)2-3-13(12)14/h2-5,7-8H,6,15H2,1H3. The van der Waals surface area contributed by atoms with E-state index in [-0.39, 0.29) is 5.82 Å². The van der Waals surface area contributed by atoms with Gasteiger partial charge in [-0.1, -0.05) is 6.07 Å². The largest absolute Gasteiger partial charge is 0.326 e. The summed E-state index contributed by atoms with van der Waals surface area (Å²) in [5.41, 5.74) is 8.80. The average molecular weight is 216 g/mol. The van der Waals surface area contributed by atoms with Crippen molar-refractivity contribution in [1.82, 2.24) is 4.98 Å². The number of hydrogen-bond acceptors (Lipinski definition) is 2. The third kappa shape index (κ3) is 2.09. The van der Waals surface area contributed by atoms with Crippen LogP contribution in [0.25, 0.3) is 11.1 Å². The number of aryl methyl sites for hydroxylation is 1. The number of nitrogens with zero attached hydrogens (tertiary/aromatic N) is 1. The summed E-state index contributed by atoms with van der Waals surface area (Å²) in [6.45, 7) is 2.34. The van der Waals surface area contributed by atoms with E-state index in [9.17, 15) is 4.39 Å². The van der Waals surface area contributed by atoms with Gasteiger partial charge in [0.15, 0.2) is 0 Å². The van der Waals surface area contributed by atoms with Gasteiger partial charge in [-0.3, -0.25) is 4.98 Å². The molecular formula is C13H13FN2. The summed E-state index contributed by atoms with van der Waals surface area (Å²) in [7, 11) is 0. The quantitative estimate of drug-likeness (QED) is 0.838. The third-order valence-electron chi connectivity index (χ3n) is 2.45. The normalized spacial score (nSPS) is 10.4. The van der Waals surface area contributed by atoms with Crippen molar-refractivity contribution >= 4 is 0 Å². The van der Waals surface area contributed by atoms with Gasteiger partial charge in [-0.2, -0.15) is 0 Å². The Kier molecular flexibility index (Phi) is 2.97. The number of aromatic nitrogens is 1. The van der Waals surface area contributed by atoms with Gasteiger partial charge in [-0.15, -0.1) is 0 Å². The maximum absolute atomic E-state index is 13.7. The number of benzene rings is 1. The summed E-state index contributed by atoms with van der Waals surface area (Å²) >= 11 is 0. The second-order valence-electron chi connectivity index (χ2n) is 3.77. The molecule has 0 fully saturated rings. The molecule has 3 heteroatoms. The van der Waals surface area contributed by atoms with Crippen molar-refractivity contribution in [2.45, 2.75) is 13.5 Å². The molecule has 1 heterocycles. The highest BCUT2D eigenvalue weighted by Gasteiger charge is 2.06. The lowest BCUT2D eigenvalue weighted by Gasteiger charge is -2.06. The third-order valence-corrected chi connectivity index (χ3v) is 2.45. The molecule has 2 aromatic rings. The van der Waals surface area contributed by atoms with Crippen LogP contribution in [0.15, 0.2) is 36.7 Å². The van der Waals surface area contributed by atoms with E-state index < -0.39 is 0 Å². The molecule has 0 aliphatic rings. The van der Waals surface area contributed by atoms with Gasteiger partial charge in [0.2, 0.25) is 0 Å². The minimum Gasteiger partial charge on any atom is -0.326 e. The molecular weight excluding hydrogens is 203 g/mol. The van der Waals surface area contributed by atoms with Crippen LogP contribution < -0.4 is 5.73 Å². The van der Waals surface area contributed by atoms with Crippen LogP contribution in [0.3, 0.4) is 0 Å². The summed E-state index contributed by atoms with van der Waals surface area (Å²) in [6, 6.07) is 6.82. The predicted octanol–water partition coefficient (Wildman–Crippen LogP) is 2.65. The first-order chi connectivity index (χ1) is 7.70. The maximum atomic E-state index is 13.7. The highest BCUT2D eigenvalue weighted by molar-refractivity contribution is 5.64. The van der Waals surface area contributed by atoms with Crippen LogP contribution in [0.2, 0.25) is 0 Å². The lowest BCUT2D eigenvalue weighted by molar-refractivity contribution is 0.630. The van der Waals surface area contributed by atoms with Crippen molar-refractivity contribution in [1.29, 1.82) is 0 Å². The lowest BCUT2D eigenvalue weighted by Crippen LogP contribution is -1.97. The molecule has 82 valence electrons. The van der Waals surface area contributed by atoms with Crippen LogP contribution >= 0.6 is 0 Å². The molecule has 0 radical (unpaired) electrons. The first kappa shape index (κ1) is 10.8. The molecule has 0 atom stereocenters. The average Bonchev–Trinajstić information content (AvgIpc) is 2.30. The molecule has 16 heavy (non-hydrogen) atoms. The summed E-state index contributed by atoms with van der Waals surface area (Å²) < 4.78 is 13.7. The van der Waals surface area contributed by atoms with Gasteiger partial charge < -0.3 is 5.73 Å². The van der Waals surface area contributed by atoms with E-state index in [2.05, 4.69) is 4.98 Å². The van der Waals surface area contributed by atoms with Crippen LogP contribution in [0, 0.1) is 12.7 Å². The number of rotatable bonds is 2. The van der Waals surface area contributed by atoms with Crippen LogP contribution in [0.4, 0.5) is 4.39 Å². The number of pyridine rings is 1. The van der Waals surface area contributed by atoms with Crippen molar-refractivity contribution in [3.05, 3.63) is 53.6 Å². The predicted molar refractivity (Wildman–Crippen MR) is 62.3 cm³/mol. The van der Waals surface area contributed by atoms with Gasteiger partial charge in [0.05, 0.1) is 0 Å². The fourth-order valence-corrected chi connectivity index (χ4v) is 1.62. The van der Waals surface area contributed by atoms with Gasteiger partial charge in [0.1, 0.15) is 5.82 Å². The second kappa shape index (κ2) is 4.41. The van der Waals surface area contributed by atoms with Crippen LogP contribution in [-0.2, 0) is 6.54 Å². The fraction of sp³-hybridized carbons (Fsp3) is 0.154. The molecule has 1 aromatic heterocycles. The SMILES string of the molecule is Cc1cncc(-c2cc(CN)ccc2F)c1. The van der Waals surface area contributed by atoms with E-state index in [1.807, 2.05) is 13.0 Å². The molecule has 0 aliphatic heterocycles. The fourth-order valence-electron chi connectivity index (χ4n) is 1.62. The van der Waals surface area contributed by atoms with Crippen molar-refractivity contribution in [2.75, 3.05) is 0 Å². The summed E-state index contributed by atoms with van der Waals surface area (Å²) in [6.07, 6.45) is 3.40. The minimum absolute atomic E-state index is 0.246. The van der Waals surface area contributed by atoms with Gasteiger partial charge in [0, 0.05) is 30.1 Å². The van der Waals surface area contributed by atoms with Crippen LogP contribution in [-0.4, -0.2) is 4.98 Å². The molecule has 2 nitrogen and oxygen atoms in total. The highest BCUT2D eigenvalue weighted by Crippen LogP contribution is 2.23. The first-order valence-corrected chi connectivity index (χ1v) is 5.11. The Hall–Kier alpha value is -1.74. The van der Waals surface area contributed by atoms with E-state index in [1.54, 1.807) is 24.5 Å². The number of halogens is 1. The summed E-state index contributed by atoms with van der Waals surface area (Å²) in [4.78, 5) is 4.06. The van der Waals surface area contributed by atoms with E-state index in [1.165, 1.54) is 6.07 Å². The second-order valence-corrected chi connectivity index (χ2v) is 3.77. The lowest BCUT2D eigenvalue weighted by atomic mass is 10.0. The van der Waals surface area contributed by atoms with Crippen molar-refractivity contribution < 1.29 is 4.39 Å². The van der Waals surface area contributed by atoms with Crippen molar-refractivity contribution in [2.24, 2.45) is 5.73 Å². The Morgan fingerprint density at radius 2 is 2.06 bits per heavy atom. The summed E-state index contributed by atoms with van der Waals surface area (Å²) in [5.74, 6) is -0.246. The van der Waals surface area contributed by atoms with Gasteiger partial charge in [-0.25, -0.2) is 4.39 Å². The molecule has 0 saturated heterocycles. The van der Waals surface area contributed by atoms with E-state index in [4.69, 9.17) is 5.73 Å². The first-order valence-electron chi connectivity index (χ1n) is 5.11. The van der Waals surface area contributed by atoms with Gasteiger partial charge in [0.25, 0.3) is 0 Å². The topological polar surface area (TPSA) is 38.9 Å². The van der Waals surface area contributed by atoms with E-state index in [0.29, 0.717) is 12.1 Å². The highest BCUT2D eigenvalue weighted by atomic mass is 19.1. The van der Waals surface area contributed by atoms with Gasteiger partial charge in [-0.05, 0) is 36.2 Å². The number of nitrogens with two attached hydrogens (primary N) is 1. The molecule has 2 N–H and O–H groups in total. The Bertz CT molecular complexity index is 509. The summed E-state index contributed by atoms with van der Waals surface area (Å²) in [5, 5.41) is 0. The van der Waals surface area contributed by atoms with Crippen molar-refractivity contribution in [3.63, 3.8) is 0 Å². The van der Waals surface area contributed by atoms with Crippen LogP contribution in [0.5, 0.6) is 0 Å². The Morgan fingerprint density at radius 3 is 2.75 bits per heavy atom. The zero-order chi connectivity index (χ0) is 11.5. The zero-order valence-corrected chi connectivity index (χ0v) is 9.07. The smallest absolute Gasteiger partial charge is 0.131 e. The van der Waals surface area contributed by atoms with Gasteiger partial charge >= 0.3 is 0 Å². The molecule has 0 unspecified atom stereocenters. The van der Waals surface area contributed by atoms with Crippen molar-refractivity contribution in [3.8, 4) is 11.1 Å². The molecule has 0 saturated carbocycles. The monoisotopic (exact) mass is 216 g/mol.